The molecular weight excluding hydrogens is 414 g/mol. The molecule has 2 aromatic heterocycles. The Balaban J connectivity index is 1.34. The third kappa shape index (κ3) is 5.73. The monoisotopic (exact) mass is 439 g/mol. The molecule has 0 N–H and O–H groups in total. The van der Waals surface area contributed by atoms with Gasteiger partial charge in [0.25, 0.3) is 5.56 Å². The maximum absolute atomic E-state index is 12.6. The molecule has 3 heterocycles. The van der Waals surface area contributed by atoms with Crippen LogP contribution < -0.4 is 10.3 Å². The lowest BCUT2D eigenvalue weighted by molar-refractivity contribution is 0.108. The Morgan fingerprint density at radius 2 is 2.00 bits per heavy atom. The Bertz CT molecular complexity index is 1050. The fraction of sp³-hybridized carbons (Fsp3) is 0.333. The van der Waals surface area contributed by atoms with E-state index in [1.165, 1.54) is 11.6 Å². The molecule has 1 aliphatic rings. The molecule has 0 saturated carbocycles. The number of hydrogen-bond donors (Lipinski definition) is 0. The zero-order chi connectivity index (χ0) is 21.6. The van der Waals surface area contributed by atoms with E-state index in [1.807, 2.05) is 12.1 Å². The van der Waals surface area contributed by atoms with Crippen molar-refractivity contribution in [1.29, 1.82) is 0 Å². The molecule has 4 rings (SSSR count). The molecule has 1 atom stereocenters. The Kier molecular flexibility index (Phi) is 7.02. The fourth-order valence-electron chi connectivity index (χ4n) is 3.72. The van der Waals surface area contributed by atoms with E-state index in [2.05, 4.69) is 22.0 Å². The first kappa shape index (κ1) is 21.6. The summed E-state index contributed by atoms with van der Waals surface area (Å²) >= 11 is 5.84. The summed E-state index contributed by atoms with van der Waals surface area (Å²) in [6, 6.07) is 15.0. The van der Waals surface area contributed by atoms with Crippen molar-refractivity contribution in [3.05, 3.63) is 87.6 Å². The lowest BCUT2D eigenvalue weighted by Gasteiger charge is -2.15. The van der Waals surface area contributed by atoms with E-state index in [0.717, 1.165) is 43.9 Å². The molecule has 1 aromatic carbocycles. The molecule has 162 valence electrons. The minimum Gasteiger partial charge on any atom is -0.487 e. The van der Waals surface area contributed by atoms with E-state index < -0.39 is 0 Å². The molecular formula is C24H26ClN3O3. The second-order valence-electron chi connectivity index (χ2n) is 7.69. The van der Waals surface area contributed by atoms with Gasteiger partial charge in [-0.3, -0.25) is 14.3 Å². The van der Waals surface area contributed by atoms with Crippen LogP contribution in [-0.4, -0.2) is 47.3 Å². The van der Waals surface area contributed by atoms with Crippen molar-refractivity contribution < 1.29 is 9.47 Å². The first-order valence-electron chi connectivity index (χ1n) is 10.4. The van der Waals surface area contributed by atoms with Gasteiger partial charge in [-0.15, -0.1) is 0 Å². The molecule has 0 unspecified atom stereocenters. The summed E-state index contributed by atoms with van der Waals surface area (Å²) < 4.78 is 12.7. The van der Waals surface area contributed by atoms with E-state index in [-0.39, 0.29) is 12.2 Å². The van der Waals surface area contributed by atoms with Gasteiger partial charge in [-0.05, 0) is 48.7 Å². The minimum absolute atomic E-state index is 0.142. The summed E-state index contributed by atoms with van der Waals surface area (Å²) in [7, 11) is 1.78. The molecule has 0 aliphatic carbocycles. The number of aromatic nitrogens is 2. The average molecular weight is 440 g/mol. The molecule has 1 saturated heterocycles. The van der Waals surface area contributed by atoms with Crippen molar-refractivity contribution in [3.63, 3.8) is 0 Å². The van der Waals surface area contributed by atoms with Gasteiger partial charge in [0, 0.05) is 50.9 Å². The molecule has 0 bridgehead atoms. The van der Waals surface area contributed by atoms with Crippen molar-refractivity contribution in [1.82, 2.24) is 14.5 Å². The molecule has 31 heavy (non-hydrogen) atoms. The fourth-order valence-corrected chi connectivity index (χ4v) is 3.83. The average Bonchev–Trinajstić information content (AvgIpc) is 3.26. The lowest BCUT2D eigenvalue weighted by Crippen LogP contribution is -2.25. The van der Waals surface area contributed by atoms with Gasteiger partial charge in [-0.1, -0.05) is 23.7 Å². The topological polar surface area (TPSA) is 56.6 Å². The normalized spacial score (nSPS) is 16.5. The van der Waals surface area contributed by atoms with Gasteiger partial charge in [0.15, 0.2) is 0 Å². The van der Waals surface area contributed by atoms with Crippen molar-refractivity contribution in [2.24, 2.45) is 0 Å². The van der Waals surface area contributed by atoms with Gasteiger partial charge in [0.05, 0.1) is 16.8 Å². The quantitative estimate of drug-likeness (QED) is 0.535. The van der Waals surface area contributed by atoms with E-state index in [0.29, 0.717) is 16.9 Å². The van der Waals surface area contributed by atoms with Crippen LogP contribution in [-0.2, 0) is 17.8 Å². The largest absolute Gasteiger partial charge is 0.487 e. The summed E-state index contributed by atoms with van der Waals surface area (Å²) in [4.78, 5) is 19.2. The zero-order valence-electron chi connectivity index (χ0n) is 17.5. The highest BCUT2D eigenvalue weighted by Crippen LogP contribution is 2.15. The van der Waals surface area contributed by atoms with Crippen LogP contribution in [0.3, 0.4) is 0 Å². The SMILES string of the molecule is CO[C@@H]1CCN(CCc2ccc(-n3ccc(OCc4ccc(Cl)cn4)cc3=O)cc2)C1. The Morgan fingerprint density at radius 1 is 1.16 bits per heavy atom. The number of rotatable bonds is 8. The van der Waals surface area contributed by atoms with Crippen LogP contribution in [0.1, 0.15) is 17.7 Å². The van der Waals surface area contributed by atoms with Gasteiger partial charge in [0.1, 0.15) is 12.4 Å². The number of ether oxygens (including phenoxy) is 2. The van der Waals surface area contributed by atoms with Crippen LogP contribution in [0.4, 0.5) is 0 Å². The van der Waals surface area contributed by atoms with Crippen LogP contribution in [0.2, 0.25) is 5.02 Å². The summed E-state index contributed by atoms with van der Waals surface area (Å²) in [6.07, 6.45) is 5.76. The third-order valence-corrected chi connectivity index (χ3v) is 5.78. The molecule has 0 amide bonds. The van der Waals surface area contributed by atoms with Crippen molar-refractivity contribution >= 4 is 11.6 Å². The van der Waals surface area contributed by atoms with Gasteiger partial charge in [0.2, 0.25) is 0 Å². The van der Waals surface area contributed by atoms with Crippen molar-refractivity contribution in [3.8, 4) is 11.4 Å². The van der Waals surface area contributed by atoms with E-state index >= 15 is 0 Å². The number of likely N-dealkylation sites (tertiary alicyclic amines) is 1. The molecule has 3 aromatic rings. The molecule has 0 radical (unpaired) electrons. The van der Waals surface area contributed by atoms with Crippen LogP contribution in [0, 0.1) is 0 Å². The Hall–Kier alpha value is -2.67. The van der Waals surface area contributed by atoms with Gasteiger partial charge in [-0.2, -0.15) is 0 Å². The van der Waals surface area contributed by atoms with Gasteiger partial charge in [-0.25, -0.2) is 0 Å². The highest BCUT2D eigenvalue weighted by atomic mass is 35.5. The number of halogens is 1. The van der Waals surface area contributed by atoms with Crippen LogP contribution >= 0.6 is 11.6 Å². The Labute approximate surface area is 187 Å². The zero-order valence-corrected chi connectivity index (χ0v) is 18.3. The first-order valence-corrected chi connectivity index (χ1v) is 10.8. The van der Waals surface area contributed by atoms with Gasteiger partial charge < -0.3 is 14.4 Å². The summed E-state index contributed by atoms with van der Waals surface area (Å²) in [5, 5.41) is 0.577. The van der Waals surface area contributed by atoms with Crippen molar-refractivity contribution in [2.45, 2.75) is 25.6 Å². The second-order valence-corrected chi connectivity index (χ2v) is 8.13. The number of pyridine rings is 2. The Morgan fingerprint density at radius 3 is 2.68 bits per heavy atom. The molecule has 6 nitrogen and oxygen atoms in total. The standard InChI is InChI=1S/C24H26ClN3O3/c1-30-23-9-12-27(16-23)11-8-18-2-6-21(7-3-18)28-13-10-22(14-24(28)29)31-17-20-5-4-19(25)15-26-20/h2-7,10,13-15,23H,8-9,11-12,16-17H2,1H3/t23-/m1/s1. The molecule has 7 heteroatoms. The summed E-state index contributed by atoms with van der Waals surface area (Å²) in [5.41, 5.74) is 2.70. The first-order chi connectivity index (χ1) is 15.1. The minimum atomic E-state index is -0.142. The second kappa shape index (κ2) is 10.1. The smallest absolute Gasteiger partial charge is 0.258 e. The molecule has 1 fully saturated rings. The maximum atomic E-state index is 12.6. The van der Waals surface area contributed by atoms with Gasteiger partial charge >= 0.3 is 0 Å². The van der Waals surface area contributed by atoms with E-state index in [4.69, 9.17) is 21.1 Å². The predicted octanol–water partition coefficient (Wildman–Crippen LogP) is 3.73. The van der Waals surface area contributed by atoms with Crippen LogP contribution in [0.15, 0.2) is 65.7 Å². The number of nitrogens with zero attached hydrogens (tertiary/aromatic N) is 3. The van der Waals surface area contributed by atoms with E-state index in [1.54, 1.807) is 42.3 Å². The highest BCUT2D eigenvalue weighted by molar-refractivity contribution is 6.30. The molecule has 0 spiro atoms. The van der Waals surface area contributed by atoms with Crippen LogP contribution in [0.25, 0.3) is 5.69 Å². The lowest BCUT2D eigenvalue weighted by atomic mass is 10.1. The number of benzene rings is 1. The van der Waals surface area contributed by atoms with E-state index in [9.17, 15) is 4.79 Å². The summed E-state index contributed by atoms with van der Waals surface area (Å²) in [6.45, 7) is 3.39. The number of hydrogen-bond acceptors (Lipinski definition) is 5. The summed E-state index contributed by atoms with van der Waals surface area (Å²) in [5.74, 6) is 0.509. The predicted molar refractivity (Wildman–Crippen MR) is 121 cm³/mol. The van der Waals surface area contributed by atoms with Crippen molar-refractivity contribution in [2.75, 3.05) is 26.7 Å². The third-order valence-electron chi connectivity index (χ3n) is 5.56. The molecule has 1 aliphatic heterocycles. The highest BCUT2D eigenvalue weighted by Gasteiger charge is 2.21. The van der Waals surface area contributed by atoms with Crippen LogP contribution in [0.5, 0.6) is 5.75 Å². The maximum Gasteiger partial charge on any atom is 0.258 e. The number of methoxy groups -OCH3 is 1.